The third-order valence-electron chi connectivity index (χ3n) is 6.16. The van der Waals surface area contributed by atoms with E-state index in [-0.39, 0.29) is 23.0 Å². The predicted molar refractivity (Wildman–Crippen MR) is 122 cm³/mol. The van der Waals surface area contributed by atoms with Gasteiger partial charge in [-0.25, -0.2) is 4.39 Å². The molecule has 31 heavy (non-hydrogen) atoms. The van der Waals surface area contributed by atoms with E-state index < -0.39 is 12.2 Å². The summed E-state index contributed by atoms with van der Waals surface area (Å²) in [6.45, 7) is 4.37. The van der Waals surface area contributed by atoms with E-state index in [1.807, 2.05) is 42.1 Å². The van der Waals surface area contributed by atoms with Crippen LogP contribution < -0.4 is 0 Å². The number of hydrogen-bond donors (Lipinski definition) is 1. The van der Waals surface area contributed by atoms with E-state index in [0.29, 0.717) is 6.42 Å². The van der Waals surface area contributed by atoms with Gasteiger partial charge in [0.15, 0.2) is 0 Å². The SMILES string of the molecule is CCC1(CC)Sc2ccccc2C(c2ccc(F)cc2)=C1C=CC1CC(O)CC(=O)O1. The Labute approximate surface area is 187 Å². The summed E-state index contributed by atoms with van der Waals surface area (Å²) in [5.74, 6) is -0.637. The molecule has 0 bridgehead atoms. The van der Waals surface area contributed by atoms with Gasteiger partial charge in [0.05, 0.1) is 12.5 Å². The van der Waals surface area contributed by atoms with Crippen LogP contribution in [0.15, 0.2) is 71.2 Å². The van der Waals surface area contributed by atoms with Crippen LogP contribution in [0.2, 0.25) is 0 Å². The van der Waals surface area contributed by atoms with Crippen LogP contribution in [0.1, 0.15) is 50.7 Å². The molecule has 2 aromatic carbocycles. The van der Waals surface area contributed by atoms with E-state index in [9.17, 15) is 14.3 Å². The molecule has 2 atom stereocenters. The molecular weight excluding hydrogens is 411 g/mol. The average molecular weight is 439 g/mol. The van der Waals surface area contributed by atoms with Crippen LogP contribution in [0, 0.1) is 5.82 Å². The Hall–Kier alpha value is -2.37. The van der Waals surface area contributed by atoms with Crippen molar-refractivity contribution >= 4 is 23.3 Å². The summed E-state index contributed by atoms with van der Waals surface area (Å²) >= 11 is 1.86. The van der Waals surface area contributed by atoms with Crippen molar-refractivity contribution in [1.82, 2.24) is 0 Å². The summed E-state index contributed by atoms with van der Waals surface area (Å²) in [6, 6.07) is 15.0. The van der Waals surface area contributed by atoms with Crippen LogP contribution in [0.5, 0.6) is 0 Å². The number of cyclic esters (lactones) is 1. The van der Waals surface area contributed by atoms with Gasteiger partial charge in [-0.05, 0) is 59.4 Å². The molecule has 4 rings (SSSR count). The number of fused-ring (bicyclic) bond motifs is 1. The van der Waals surface area contributed by atoms with E-state index in [1.165, 1.54) is 17.0 Å². The van der Waals surface area contributed by atoms with Crippen LogP contribution in [-0.2, 0) is 9.53 Å². The van der Waals surface area contributed by atoms with Gasteiger partial charge < -0.3 is 9.84 Å². The first kappa shape index (κ1) is 21.8. The molecule has 0 aliphatic carbocycles. The molecule has 3 nitrogen and oxygen atoms in total. The van der Waals surface area contributed by atoms with Crippen molar-refractivity contribution in [1.29, 1.82) is 0 Å². The van der Waals surface area contributed by atoms with Gasteiger partial charge in [-0.2, -0.15) is 0 Å². The lowest BCUT2D eigenvalue weighted by Gasteiger charge is -2.39. The number of carbonyl (C=O) groups excluding carboxylic acids is 1. The van der Waals surface area contributed by atoms with E-state index in [4.69, 9.17) is 4.74 Å². The minimum absolute atomic E-state index is 0.0466. The number of benzene rings is 2. The van der Waals surface area contributed by atoms with Gasteiger partial charge in [0.25, 0.3) is 0 Å². The van der Waals surface area contributed by atoms with Crippen LogP contribution in [0.3, 0.4) is 0 Å². The molecule has 162 valence electrons. The fraction of sp³-hybridized carbons (Fsp3) is 0.346. The molecule has 1 fully saturated rings. The second kappa shape index (κ2) is 9.01. The molecule has 0 amide bonds. The van der Waals surface area contributed by atoms with Gasteiger partial charge in [-0.3, -0.25) is 4.79 Å². The quantitative estimate of drug-likeness (QED) is 0.589. The van der Waals surface area contributed by atoms with Crippen LogP contribution in [0.4, 0.5) is 4.39 Å². The Morgan fingerprint density at radius 3 is 2.55 bits per heavy atom. The standard InChI is InChI=1S/C26H27FO3S/c1-3-26(4-2)22(14-13-20-15-19(28)16-24(29)30-20)25(17-9-11-18(27)12-10-17)21-7-5-6-8-23(21)31-26/h5-14,19-20,28H,3-4,15-16H2,1-2H3. The molecule has 2 heterocycles. The maximum absolute atomic E-state index is 13.7. The lowest BCUT2D eigenvalue weighted by Crippen LogP contribution is -2.32. The normalized spacial score (nSPS) is 23.0. The maximum atomic E-state index is 13.7. The van der Waals surface area contributed by atoms with Crippen molar-refractivity contribution in [2.24, 2.45) is 0 Å². The van der Waals surface area contributed by atoms with Gasteiger partial charge in [0.2, 0.25) is 0 Å². The van der Waals surface area contributed by atoms with Crippen molar-refractivity contribution in [2.45, 2.75) is 61.4 Å². The number of aliphatic hydroxyl groups excluding tert-OH is 1. The minimum atomic E-state index is -0.676. The average Bonchev–Trinajstić information content (AvgIpc) is 2.76. The fourth-order valence-corrected chi connectivity index (χ4v) is 5.89. The zero-order valence-electron chi connectivity index (χ0n) is 17.8. The van der Waals surface area contributed by atoms with Crippen LogP contribution in [0.25, 0.3) is 5.57 Å². The van der Waals surface area contributed by atoms with Crippen molar-refractivity contribution in [3.63, 3.8) is 0 Å². The molecule has 5 heteroatoms. The highest BCUT2D eigenvalue weighted by Crippen LogP contribution is 2.54. The molecule has 0 saturated carbocycles. The van der Waals surface area contributed by atoms with E-state index in [2.05, 4.69) is 32.1 Å². The van der Waals surface area contributed by atoms with Crippen molar-refractivity contribution in [2.75, 3.05) is 0 Å². The largest absolute Gasteiger partial charge is 0.458 e. The van der Waals surface area contributed by atoms with Gasteiger partial charge in [-0.1, -0.05) is 50.3 Å². The monoisotopic (exact) mass is 438 g/mol. The third kappa shape index (κ3) is 4.35. The molecule has 2 aliphatic rings. The Morgan fingerprint density at radius 1 is 1.16 bits per heavy atom. The van der Waals surface area contributed by atoms with Gasteiger partial charge in [0, 0.05) is 16.1 Å². The topological polar surface area (TPSA) is 46.5 Å². The fourth-order valence-electron chi connectivity index (χ4n) is 4.47. The lowest BCUT2D eigenvalue weighted by molar-refractivity contribution is -0.156. The zero-order valence-corrected chi connectivity index (χ0v) is 18.6. The first-order valence-electron chi connectivity index (χ1n) is 10.8. The zero-order chi connectivity index (χ0) is 22.0. The molecule has 0 aromatic heterocycles. The number of thioether (sulfide) groups is 1. The van der Waals surface area contributed by atoms with Gasteiger partial charge >= 0.3 is 5.97 Å². The van der Waals surface area contributed by atoms with Crippen molar-refractivity contribution < 1.29 is 19.0 Å². The first-order chi connectivity index (χ1) is 15.0. The Bertz CT molecular complexity index is 1020. The second-order valence-corrected chi connectivity index (χ2v) is 9.50. The maximum Gasteiger partial charge on any atom is 0.309 e. The van der Waals surface area contributed by atoms with E-state index in [1.54, 1.807) is 0 Å². The summed E-state index contributed by atoms with van der Waals surface area (Å²) in [4.78, 5) is 13.0. The smallest absolute Gasteiger partial charge is 0.309 e. The highest BCUT2D eigenvalue weighted by Gasteiger charge is 2.38. The number of rotatable bonds is 5. The van der Waals surface area contributed by atoms with E-state index >= 15 is 0 Å². The Morgan fingerprint density at radius 2 is 1.87 bits per heavy atom. The molecular formula is C26H27FO3S. The molecule has 2 aromatic rings. The van der Waals surface area contributed by atoms with Crippen molar-refractivity contribution in [3.8, 4) is 0 Å². The summed E-state index contributed by atoms with van der Waals surface area (Å²) in [6.07, 6.45) is 5.11. The number of ether oxygens (including phenoxy) is 1. The minimum Gasteiger partial charge on any atom is -0.458 e. The highest BCUT2D eigenvalue weighted by molar-refractivity contribution is 8.01. The molecule has 2 unspecified atom stereocenters. The third-order valence-corrected chi connectivity index (χ3v) is 7.93. The lowest BCUT2D eigenvalue weighted by atomic mass is 9.82. The summed E-state index contributed by atoms with van der Waals surface area (Å²) in [5.41, 5.74) is 4.30. The highest BCUT2D eigenvalue weighted by atomic mass is 32.2. The van der Waals surface area contributed by atoms with Crippen LogP contribution >= 0.6 is 11.8 Å². The molecule has 0 radical (unpaired) electrons. The molecule has 1 saturated heterocycles. The van der Waals surface area contributed by atoms with Crippen LogP contribution in [-0.4, -0.2) is 28.0 Å². The molecule has 1 N–H and O–H groups in total. The number of halogens is 1. The Kier molecular flexibility index (Phi) is 6.35. The number of aliphatic hydroxyl groups is 1. The van der Waals surface area contributed by atoms with E-state index in [0.717, 1.165) is 35.1 Å². The summed E-state index contributed by atoms with van der Waals surface area (Å²) < 4.78 is 19.0. The summed E-state index contributed by atoms with van der Waals surface area (Å²) in [5, 5.41) is 9.98. The number of esters is 1. The first-order valence-corrected chi connectivity index (χ1v) is 11.6. The number of allylic oxidation sites excluding steroid dienone is 1. The predicted octanol–water partition coefficient (Wildman–Crippen LogP) is 5.91. The van der Waals surface area contributed by atoms with Crippen molar-refractivity contribution in [3.05, 3.63) is 83.2 Å². The number of carbonyl (C=O) groups is 1. The number of hydrogen-bond acceptors (Lipinski definition) is 4. The molecule has 0 spiro atoms. The summed E-state index contributed by atoms with van der Waals surface area (Å²) in [7, 11) is 0. The van der Waals surface area contributed by atoms with Gasteiger partial charge in [0.1, 0.15) is 11.9 Å². The Balaban J connectivity index is 1.89. The second-order valence-electron chi connectivity index (χ2n) is 8.08. The molecule has 2 aliphatic heterocycles. The van der Waals surface area contributed by atoms with Gasteiger partial charge in [-0.15, -0.1) is 11.8 Å².